The van der Waals surface area contributed by atoms with Gasteiger partial charge in [-0.05, 0) is 26.0 Å². The number of ether oxygens (including phenoxy) is 1. The van der Waals surface area contributed by atoms with E-state index in [1.807, 2.05) is 38.1 Å². The van der Waals surface area contributed by atoms with Gasteiger partial charge in [-0.3, -0.25) is 5.10 Å². The number of benzene rings is 1. The average molecular weight is 274 g/mol. The molecule has 0 saturated heterocycles. The Balaban J connectivity index is 1.73. The van der Waals surface area contributed by atoms with Crippen molar-refractivity contribution < 1.29 is 9.53 Å². The molecule has 6 nitrogen and oxygen atoms in total. The SMILES string of the molecule is Cc1ccc(OC[C@H](C)NC(=O)Nc2cn[nH]c2)cc1. The third kappa shape index (κ3) is 4.31. The number of nitrogens with one attached hydrogen (secondary N) is 3. The highest BCUT2D eigenvalue weighted by atomic mass is 16.5. The van der Waals surface area contributed by atoms with Gasteiger partial charge in [-0.15, -0.1) is 0 Å². The Bertz CT molecular complexity index is 537. The van der Waals surface area contributed by atoms with Crippen molar-refractivity contribution in [1.29, 1.82) is 0 Å². The zero-order valence-corrected chi connectivity index (χ0v) is 11.5. The number of aryl methyl sites for hydroxylation is 1. The molecule has 0 aliphatic carbocycles. The normalized spacial score (nSPS) is 11.7. The quantitative estimate of drug-likeness (QED) is 0.782. The van der Waals surface area contributed by atoms with Gasteiger partial charge in [0, 0.05) is 6.20 Å². The van der Waals surface area contributed by atoms with Gasteiger partial charge < -0.3 is 15.4 Å². The fourth-order valence-corrected chi connectivity index (χ4v) is 1.61. The molecule has 3 N–H and O–H groups in total. The highest BCUT2D eigenvalue weighted by Gasteiger charge is 2.08. The van der Waals surface area contributed by atoms with E-state index in [0.29, 0.717) is 12.3 Å². The number of nitrogens with zero attached hydrogens (tertiary/aromatic N) is 1. The van der Waals surface area contributed by atoms with Crippen LogP contribution in [0.5, 0.6) is 5.75 Å². The summed E-state index contributed by atoms with van der Waals surface area (Å²) >= 11 is 0. The zero-order valence-electron chi connectivity index (χ0n) is 11.5. The first-order chi connectivity index (χ1) is 9.63. The summed E-state index contributed by atoms with van der Waals surface area (Å²) in [7, 11) is 0. The number of anilines is 1. The maximum Gasteiger partial charge on any atom is 0.319 e. The number of carbonyl (C=O) groups excluding carboxylic acids is 1. The predicted molar refractivity (Wildman–Crippen MR) is 76.9 cm³/mol. The Morgan fingerprint density at radius 3 is 2.80 bits per heavy atom. The molecular weight excluding hydrogens is 256 g/mol. The van der Waals surface area contributed by atoms with Crippen LogP contribution in [-0.4, -0.2) is 28.9 Å². The lowest BCUT2D eigenvalue weighted by Crippen LogP contribution is -2.39. The summed E-state index contributed by atoms with van der Waals surface area (Å²) in [6, 6.07) is 7.40. The molecule has 0 spiro atoms. The highest BCUT2D eigenvalue weighted by molar-refractivity contribution is 5.89. The number of amides is 2. The van der Waals surface area contributed by atoms with Gasteiger partial charge in [-0.25, -0.2) is 4.79 Å². The van der Waals surface area contributed by atoms with Crippen LogP contribution in [0.4, 0.5) is 10.5 Å². The van der Waals surface area contributed by atoms with Gasteiger partial charge in [0.1, 0.15) is 12.4 Å². The Kier molecular flexibility index (Phi) is 4.60. The van der Waals surface area contributed by atoms with Gasteiger partial charge in [-0.1, -0.05) is 17.7 Å². The van der Waals surface area contributed by atoms with Gasteiger partial charge in [-0.2, -0.15) is 5.10 Å². The van der Waals surface area contributed by atoms with Crippen molar-refractivity contribution in [2.45, 2.75) is 19.9 Å². The molecule has 2 rings (SSSR count). The van der Waals surface area contributed by atoms with Crippen LogP contribution in [0.15, 0.2) is 36.7 Å². The summed E-state index contributed by atoms with van der Waals surface area (Å²) in [6.45, 7) is 4.30. The summed E-state index contributed by atoms with van der Waals surface area (Å²) in [6.07, 6.45) is 3.14. The maximum absolute atomic E-state index is 11.7. The molecule has 1 aromatic carbocycles. The number of urea groups is 1. The summed E-state index contributed by atoms with van der Waals surface area (Å²) in [4.78, 5) is 11.7. The van der Waals surface area contributed by atoms with Crippen molar-refractivity contribution in [2.75, 3.05) is 11.9 Å². The van der Waals surface area contributed by atoms with Crippen molar-refractivity contribution in [3.05, 3.63) is 42.2 Å². The highest BCUT2D eigenvalue weighted by Crippen LogP contribution is 2.11. The molecule has 0 bridgehead atoms. The third-order valence-electron chi connectivity index (χ3n) is 2.65. The molecular formula is C14H18N4O2. The molecule has 0 saturated carbocycles. The number of rotatable bonds is 5. The Hall–Kier alpha value is -2.50. The van der Waals surface area contributed by atoms with Crippen LogP contribution in [0, 0.1) is 6.92 Å². The number of aromatic amines is 1. The molecule has 1 aromatic heterocycles. The molecule has 2 amide bonds. The van der Waals surface area contributed by atoms with Gasteiger partial charge >= 0.3 is 6.03 Å². The number of aromatic nitrogens is 2. The van der Waals surface area contributed by atoms with E-state index in [-0.39, 0.29) is 12.1 Å². The van der Waals surface area contributed by atoms with Crippen LogP contribution < -0.4 is 15.4 Å². The first-order valence-electron chi connectivity index (χ1n) is 6.39. The van der Waals surface area contributed by atoms with Crippen LogP contribution in [-0.2, 0) is 0 Å². The topological polar surface area (TPSA) is 79.0 Å². The number of carbonyl (C=O) groups is 1. The Morgan fingerprint density at radius 1 is 1.40 bits per heavy atom. The Labute approximate surface area is 117 Å². The van der Waals surface area contributed by atoms with E-state index in [1.165, 1.54) is 11.8 Å². The van der Waals surface area contributed by atoms with E-state index in [9.17, 15) is 4.79 Å². The van der Waals surface area contributed by atoms with E-state index in [1.54, 1.807) is 6.20 Å². The molecule has 0 aliphatic rings. The van der Waals surface area contributed by atoms with E-state index < -0.39 is 0 Å². The van der Waals surface area contributed by atoms with Crippen LogP contribution in [0.2, 0.25) is 0 Å². The molecule has 1 heterocycles. The van der Waals surface area contributed by atoms with Gasteiger partial charge in [0.05, 0.1) is 17.9 Å². The van der Waals surface area contributed by atoms with E-state index in [4.69, 9.17) is 4.74 Å². The largest absolute Gasteiger partial charge is 0.491 e. The molecule has 0 radical (unpaired) electrons. The van der Waals surface area contributed by atoms with Crippen molar-refractivity contribution in [3.8, 4) is 5.75 Å². The van der Waals surface area contributed by atoms with Gasteiger partial charge in [0.25, 0.3) is 0 Å². The molecule has 6 heteroatoms. The van der Waals surface area contributed by atoms with Crippen molar-refractivity contribution >= 4 is 11.7 Å². The van der Waals surface area contributed by atoms with Crippen molar-refractivity contribution in [2.24, 2.45) is 0 Å². The number of H-pyrrole nitrogens is 1. The summed E-state index contributed by atoms with van der Waals surface area (Å²) in [5, 5.41) is 11.8. The van der Waals surface area contributed by atoms with Crippen LogP contribution in [0.25, 0.3) is 0 Å². The molecule has 20 heavy (non-hydrogen) atoms. The second-order valence-electron chi connectivity index (χ2n) is 4.61. The first-order valence-corrected chi connectivity index (χ1v) is 6.39. The molecule has 0 unspecified atom stereocenters. The fraction of sp³-hybridized carbons (Fsp3) is 0.286. The predicted octanol–water partition coefficient (Wildman–Crippen LogP) is 2.31. The zero-order chi connectivity index (χ0) is 14.4. The second kappa shape index (κ2) is 6.60. The maximum atomic E-state index is 11.7. The lowest BCUT2D eigenvalue weighted by Gasteiger charge is -2.15. The molecule has 2 aromatic rings. The average Bonchev–Trinajstić information content (AvgIpc) is 2.90. The van der Waals surface area contributed by atoms with E-state index in [0.717, 1.165) is 5.75 Å². The minimum Gasteiger partial charge on any atom is -0.491 e. The van der Waals surface area contributed by atoms with Crippen LogP contribution in [0.3, 0.4) is 0 Å². The second-order valence-corrected chi connectivity index (χ2v) is 4.61. The van der Waals surface area contributed by atoms with E-state index in [2.05, 4.69) is 20.8 Å². The molecule has 0 aliphatic heterocycles. The van der Waals surface area contributed by atoms with Gasteiger partial charge in [0.2, 0.25) is 0 Å². The summed E-state index contributed by atoms with van der Waals surface area (Å²) in [5.41, 5.74) is 1.80. The first kappa shape index (κ1) is 13.9. The van der Waals surface area contributed by atoms with E-state index >= 15 is 0 Å². The lowest BCUT2D eigenvalue weighted by molar-refractivity contribution is 0.236. The Morgan fingerprint density at radius 2 is 2.15 bits per heavy atom. The third-order valence-corrected chi connectivity index (χ3v) is 2.65. The fourth-order valence-electron chi connectivity index (χ4n) is 1.61. The number of hydrogen-bond donors (Lipinski definition) is 3. The minimum absolute atomic E-state index is 0.108. The molecule has 106 valence electrons. The monoisotopic (exact) mass is 274 g/mol. The van der Waals surface area contributed by atoms with Crippen LogP contribution >= 0.6 is 0 Å². The molecule has 0 fully saturated rings. The van der Waals surface area contributed by atoms with Crippen molar-refractivity contribution in [3.63, 3.8) is 0 Å². The smallest absolute Gasteiger partial charge is 0.319 e. The van der Waals surface area contributed by atoms with Crippen LogP contribution in [0.1, 0.15) is 12.5 Å². The minimum atomic E-state index is -0.286. The lowest BCUT2D eigenvalue weighted by atomic mass is 10.2. The van der Waals surface area contributed by atoms with Gasteiger partial charge in [0.15, 0.2) is 0 Å². The summed E-state index contributed by atoms with van der Waals surface area (Å²) < 4.78 is 5.60. The molecule has 1 atom stereocenters. The van der Waals surface area contributed by atoms with Crippen molar-refractivity contribution in [1.82, 2.24) is 15.5 Å². The number of hydrogen-bond acceptors (Lipinski definition) is 3. The summed E-state index contributed by atoms with van der Waals surface area (Å²) in [5.74, 6) is 0.791. The standard InChI is InChI=1S/C14H18N4O2/c1-10-3-5-13(6-4-10)20-9-11(2)17-14(19)18-12-7-15-16-8-12/h3-8,11H,9H2,1-2H3,(H,15,16)(H2,17,18,19)/t11-/m0/s1.